The molecular formula is C29H32N4O4S. The van der Waals surface area contributed by atoms with E-state index in [4.69, 9.17) is 14.9 Å². The fourth-order valence-corrected chi connectivity index (χ4v) is 5.71. The number of nitrogens with two attached hydrogens (primary N) is 1. The standard InChI is InChI=1S/C29H32N4O4S/c1-2-3-9-28-31-26-13-11-23(32-14-16-37-17-15-32)19-25(26)29(34)33(28)20-21-10-12-24(22-7-5-4-6-8-22)27(18-21)38(30,35)36/h4-8,10-13,18-19H,2-3,9,14-17,20H2,1H3,(H2,30,35,36). The molecule has 0 amide bonds. The van der Waals surface area contributed by atoms with E-state index in [1.165, 1.54) is 0 Å². The number of hydrogen-bond acceptors (Lipinski definition) is 6. The van der Waals surface area contributed by atoms with E-state index in [9.17, 15) is 13.2 Å². The van der Waals surface area contributed by atoms with E-state index in [1.807, 2.05) is 54.6 Å². The average molecular weight is 533 g/mol. The molecule has 0 spiro atoms. The van der Waals surface area contributed by atoms with Crippen LogP contribution in [0.2, 0.25) is 0 Å². The normalized spacial score (nSPS) is 14.2. The summed E-state index contributed by atoms with van der Waals surface area (Å²) in [5.41, 5.74) is 3.45. The Labute approximate surface area is 222 Å². The molecule has 0 saturated carbocycles. The lowest BCUT2D eigenvalue weighted by Gasteiger charge is -2.29. The zero-order chi connectivity index (χ0) is 26.7. The molecule has 0 unspecified atom stereocenters. The van der Waals surface area contributed by atoms with Crippen LogP contribution < -0.4 is 15.6 Å². The number of aromatic nitrogens is 2. The average Bonchev–Trinajstić information content (AvgIpc) is 2.94. The molecule has 0 bridgehead atoms. The predicted molar refractivity (Wildman–Crippen MR) is 150 cm³/mol. The first-order valence-corrected chi connectivity index (χ1v) is 14.5. The van der Waals surface area contributed by atoms with Gasteiger partial charge in [-0.3, -0.25) is 9.36 Å². The Morgan fingerprint density at radius 2 is 1.76 bits per heavy atom. The van der Waals surface area contributed by atoms with E-state index in [-0.39, 0.29) is 17.0 Å². The van der Waals surface area contributed by atoms with Gasteiger partial charge in [0.25, 0.3) is 5.56 Å². The largest absolute Gasteiger partial charge is 0.378 e. The van der Waals surface area contributed by atoms with E-state index in [1.54, 1.807) is 16.7 Å². The van der Waals surface area contributed by atoms with Gasteiger partial charge in [-0.1, -0.05) is 55.8 Å². The summed E-state index contributed by atoms with van der Waals surface area (Å²) in [6.07, 6.45) is 2.50. The Bertz CT molecular complexity index is 1610. The Hall–Kier alpha value is -3.53. The third-order valence-corrected chi connectivity index (χ3v) is 7.88. The van der Waals surface area contributed by atoms with Gasteiger partial charge in [0.05, 0.1) is 35.6 Å². The monoisotopic (exact) mass is 532 g/mol. The van der Waals surface area contributed by atoms with Crippen molar-refractivity contribution >= 4 is 26.6 Å². The lowest BCUT2D eigenvalue weighted by molar-refractivity contribution is 0.122. The Morgan fingerprint density at radius 3 is 2.47 bits per heavy atom. The van der Waals surface area contributed by atoms with Crippen LogP contribution in [0.4, 0.5) is 5.69 Å². The van der Waals surface area contributed by atoms with Crippen molar-refractivity contribution in [1.29, 1.82) is 0 Å². The second-order valence-electron chi connectivity index (χ2n) is 9.57. The molecule has 3 aromatic carbocycles. The molecule has 5 rings (SSSR count). The van der Waals surface area contributed by atoms with E-state index >= 15 is 0 Å². The number of rotatable bonds is 8. The van der Waals surface area contributed by atoms with E-state index in [0.717, 1.165) is 37.2 Å². The third kappa shape index (κ3) is 5.50. The van der Waals surface area contributed by atoms with Gasteiger partial charge in [-0.2, -0.15) is 0 Å². The zero-order valence-corrected chi connectivity index (χ0v) is 22.3. The van der Waals surface area contributed by atoms with Crippen molar-refractivity contribution in [2.75, 3.05) is 31.2 Å². The molecule has 1 aliphatic heterocycles. The van der Waals surface area contributed by atoms with E-state index in [2.05, 4.69) is 11.8 Å². The van der Waals surface area contributed by atoms with Crippen molar-refractivity contribution in [1.82, 2.24) is 9.55 Å². The van der Waals surface area contributed by atoms with Crippen molar-refractivity contribution in [3.05, 3.63) is 88.5 Å². The van der Waals surface area contributed by atoms with Crippen molar-refractivity contribution in [3.63, 3.8) is 0 Å². The molecule has 0 atom stereocenters. The van der Waals surface area contributed by atoms with Crippen LogP contribution in [-0.4, -0.2) is 44.3 Å². The highest BCUT2D eigenvalue weighted by Gasteiger charge is 2.19. The Kier molecular flexibility index (Phi) is 7.60. The second kappa shape index (κ2) is 11.1. The van der Waals surface area contributed by atoms with Crippen molar-refractivity contribution in [2.24, 2.45) is 5.14 Å². The van der Waals surface area contributed by atoms with Crippen molar-refractivity contribution in [2.45, 2.75) is 37.6 Å². The van der Waals surface area contributed by atoms with Gasteiger partial charge in [0.15, 0.2) is 0 Å². The van der Waals surface area contributed by atoms with Gasteiger partial charge in [0.1, 0.15) is 5.82 Å². The fourth-order valence-electron chi connectivity index (χ4n) is 4.90. The van der Waals surface area contributed by atoms with Crippen LogP contribution in [0.15, 0.2) is 76.4 Å². The number of benzene rings is 3. The topological polar surface area (TPSA) is 108 Å². The minimum atomic E-state index is -4.00. The highest BCUT2D eigenvalue weighted by molar-refractivity contribution is 7.89. The molecule has 198 valence electrons. The summed E-state index contributed by atoms with van der Waals surface area (Å²) in [5.74, 6) is 0.688. The van der Waals surface area contributed by atoms with Crippen LogP contribution in [0.25, 0.3) is 22.0 Å². The maximum Gasteiger partial charge on any atom is 0.261 e. The minimum Gasteiger partial charge on any atom is -0.378 e. The SMILES string of the molecule is CCCCc1nc2ccc(N3CCOCC3)cc2c(=O)n1Cc1ccc(-c2ccccc2)c(S(N)(=O)=O)c1. The van der Waals surface area contributed by atoms with E-state index in [0.29, 0.717) is 47.5 Å². The van der Waals surface area contributed by atoms with Crippen LogP contribution >= 0.6 is 0 Å². The lowest BCUT2D eigenvalue weighted by atomic mass is 10.0. The van der Waals surface area contributed by atoms with Crippen LogP contribution in [0.3, 0.4) is 0 Å². The summed E-state index contributed by atoms with van der Waals surface area (Å²) >= 11 is 0. The number of hydrogen-bond donors (Lipinski definition) is 1. The quantitative estimate of drug-likeness (QED) is 0.368. The number of sulfonamides is 1. The van der Waals surface area contributed by atoms with Crippen LogP contribution in [-0.2, 0) is 27.7 Å². The molecule has 1 fully saturated rings. The van der Waals surface area contributed by atoms with Crippen molar-refractivity contribution in [3.8, 4) is 11.1 Å². The highest BCUT2D eigenvalue weighted by atomic mass is 32.2. The fraction of sp³-hybridized carbons (Fsp3) is 0.310. The molecular weight excluding hydrogens is 500 g/mol. The summed E-state index contributed by atoms with van der Waals surface area (Å²) < 4.78 is 32.2. The number of morpholine rings is 1. The molecule has 1 aromatic heterocycles. The minimum absolute atomic E-state index is 0.0349. The van der Waals surface area contributed by atoms with Crippen LogP contribution in [0, 0.1) is 0 Å². The van der Waals surface area contributed by atoms with Gasteiger partial charge in [-0.25, -0.2) is 18.5 Å². The smallest absolute Gasteiger partial charge is 0.261 e. The second-order valence-corrected chi connectivity index (χ2v) is 11.1. The predicted octanol–water partition coefficient (Wildman–Crippen LogP) is 3.94. The molecule has 4 aromatic rings. The lowest BCUT2D eigenvalue weighted by Crippen LogP contribution is -2.36. The summed E-state index contributed by atoms with van der Waals surface area (Å²) in [6, 6.07) is 20.3. The summed E-state index contributed by atoms with van der Waals surface area (Å²) in [4.78, 5) is 21.0. The molecule has 2 N–H and O–H groups in total. The number of primary sulfonamides is 1. The number of nitrogens with zero attached hydrogens (tertiary/aromatic N) is 3. The number of aryl methyl sites for hydroxylation is 1. The van der Waals surface area contributed by atoms with Gasteiger partial charge in [0, 0.05) is 30.8 Å². The van der Waals surface area contributed by atoms with Crippen LogP contribution in [0.1, 0.15) is 31.2 Å². The summed E-state index contributed by atoms with van der Waals surface area (Å²) in [7, 11) is -4.00. The van der Waals surface area contributed by atoms with Crippen molar-refractivity contribution < 1.29 is 13.2 Å². The number of anilines is 1. The molecule has 2 heterocycles. The van der Waals surface area contributed by atoms with Gasteiger partial charge < -0.3 is 9.64 Å². The van der Waals surface area contributed by atoms with Gasteiger partial charge >= 0.3 is 0 Å². The Balaban J connectivity index is 1.60. The first-order valence-electron chi connectivity index (χ1n) is 12.9. The van der Waals surface area contributed by atoms with Gasteiger partial charge in [-0.15, -0.1) is 0 Å². The molecule has 1 saturated heterocycles. The summed E-state index contributed by atoms with van der Waals surface area (Å²) in [6.45, 7) is 5.14. The maximum atomic E-state index is 13.9. The number of ether oxygens (including phenoxy) is 1. The third-order valence-electron chi connectivity index (χ3n) is 6.92. The number of fused-ring (bicyclic) bond motifs is 1. The van der Waals surface area contributed by atoms with Crippen LogP contribution in [0.5, 0.6) is 0 Å². The van der Waals surface area contributed by atoms with Gasteiger partial charge in [-0.05, 0) is 41.8 Å². The molecule has 1 aliphatic rings. The molecule has 8 nitrogen and oxygen atoms in total. The molecule has 9 heteroatoms. The molecule has 0 aliphatic carbocycles. The highest BCUT2D eigenvalue weighted by Crippen LogP contribution is 2.28. The number of unbranched alkanes of at least 4 members (excludes halogenated alkanes) is 1. The zero-order valence-electron chi connectivity index (χ0n) is 21.5. The molecule has 0 radical (unpaired) electrons. The Morgan fingerprint density at radius 1 is 1.00 bits per heavy atom. The first kappa shape index (κ1) is 26.1. The first-order chi connectivity index (χ1) is 18.3. The molecule has 38 heavy (non-hydrogen) atoms. The van der Waals surface area contributed by atoms with Gasteiger partial charge in [0.2, 0.25) is 10.0 Å². The summed E-state index contributed by atoms with van der Waals surface area (Å²) in [5, 5.41) is 6.17. The maximum absolute atomic E-state index is 13.9. The van der Waals surface area contributed by atoms with E-state index < -0.39 is 10.0 Å².